The van der Waals surface area contributed by atoms with Crippen molar-refractivity contribution >= 4 is 0 Å². The predicted molar refractivity (Wildman–Crippen MR) is 35.3 cm³/mol. The zero-order chi connectivity index (χ0) is 7.28. The molecule has 0 heterocycles. The molecule has 9 heavy (non-hydrogen) atoms. The highest BCUT2D eigenvalue weighted by atomic mass is 16.5. The minimum Gasteiger partial charge on any atom is -0.393 e. The van der Waals surface area contributed by atoms with Gasteiger partial charge in [0, 0.05) is 6.04 Å². The molecule has 0 spiro atoms. The molecule has 0 bridgehead atoms. The molecule has 56 valence electrons. The van der Waals surface area contributed by atoms with Crippen molar-refractivity contribution in [2.45, 2.75) is 38.8 Å². The molecule has 0 radical (unpaired) electrons. The second-order valence-electron chi connectivity index (χ2n) is 2.32. The highest BCUT2D eigenvalue weighted by Crippen LogP contribution is 1.99. The van der Waals surface area contributed by atoms with Gasteiger partial charge in [-0.05, 0) is 19.8 Å². The molecule has 2 unspecified atom stereocenters. The second kappa shape index (κ2) is 4.73. The summed E-state index contributed by atoms with van der Waals surface area (Å²) in [5, 5.41) is 17.2. The van der Waals surface area contributed by atoms with Gasteiger partial charge in [-0.2, -0.15) is 0 Å². The van der Waals surface area contributed by atoms with Crippen LogP contribution in [0.3, 0.4) is 0 Å². The fourth-order valence-electron chi connectivity index (χ4n) is 0.722. The third kappa shape index (κ3) is 4.39. The zero-order valence-corrected chi connectivity index (χ0v) is 5.96. The van der Waals surface area contributed by atoms with Crippen molar-refractivity contribution in [2.75, 3.05) is 0 Å². The summed E-state index contributed by atoms with van der Waals surface area (Å²) in [7, 11) is 0. The number of aliphatic hydroxyl groups is 1. The van der Waals surface area contributed by atoms with Crippen molar-refractivity contribution in [1.29, 1.82) is 0 Å². The van der Waals surface area contributed by atoms with Crippen molar-refractivity contribution in [3.05, 3.63) is 0 Å². The van der Waals surface area contributed by atoms with Gasteiger partial charge in [0.1, 0.15) is 0 Å². The Balaban J connectivity index is 3.31. The Kier molecular flexibility index (Phi) is 4.67. The van der Waals surface area contributed by atoms with Gasteiger partial charge >= 0.3 is 0 Å². The van der Waals surface area contributed by atoms with Gasteiger partial charge in [0.2, 0.25) is 0 Å². The molecule has 0 fully saturated rings. The monoisotopic (exact) mass is 133 g/mol. The molecule has 2 atom stereocenters. The van der Waals surface area contributed by atoms with E-state index in [4.69, 9.17) is 10.3 Å². The Morgan fingerprint density at radius 3 is 2.22 bits per heavy atom. The Labute approximate surface area is 55.7 Å². The highest BCUT2D eigenvalue weighted by Gasteiger charge is 2.06. The summed E-state index contributed by atoms with van der Waals surface area (Å²) >= 11 is 0. The molecule has 0 rings (SSSR count). The first-order valence-corrected chi connectivity index (χ1v) is 3.28. The van der Waals surface area contributed by atoms with Gasteiger partial charge in [0.05, 0.1) is 6.10 Å². The van der Waals surface area contributed by atoms with Crippen LogP contribution in [0, 0.1) is 0 Å². The molecule has 0 saturated carbocycles. The van der Waals surface area contributed by atoms with Gasteiger partial charge in [-0.15, -0.1) is 0 Å². The van der Waals surface area contributed by atoms with Crippen molar-refractivity contribution < 1.29 is 10.3 Å². The largest absolute Gasteiger partial charge is 0.393 e. The van der Waals surface area contributed by atoms with Crippen LogP contribution in [0.5, 0.6) is 0 Å². The van der Waals surface area contributed by atoms with Crippen molar-refractivity contribution in [3.8, 4) is 0 Å². The maximum absolute atomic E-state index is 8.83. The lowest BCUT2D eigenvalue weighted by atomic mass is 10.1. The number of hydrogen-bond acceptors (Lipinski definition) is 3. The maximum Gasteiger partial charge on any atom is 0.0527 e. The predicted octanol–water partition coefficient (Wildman–Crippen LogP) is 0.515. The van der Waals surface area contributed by atoms with E-state index in [-0.39, 0.29) is 12.1 Å². The van der Waals surface area contributed by atoms with E-state index in [0.29, 0.717) is 6.42 Å². The molecule has 0 aliphatic rings. The number of nitrogens with one attached hydrogen (secondary N) is 1. The molecule has 0 aromatic heterocycles. The van der Waals surface area contributed by atoms with Crippen LogP contribution >= 0.6 is 0 Å². The highest BCUT2D eigenvalue weighted by molar-refractivity contribution is 4.62. The van der Waals surface area contributed by atoms with Crippen LogP contribution in [-0.4, -0.2) is 22.5 Å². The lowest BCUT2D eigenvalue weighted by Gasteiger charge is -2.13. The van der Waals surface area contributed by atoms with E-state index in [1.165, 1.54) is 0 Å². The van der Waals surface area contributed by atoms with E-state index in [2.05, 4.69) is 5.48 Å². The summed E-state index contributed by atoms with van der Waals surface area (Å²) in [6.07, 6.45) is 1.10. The third-order valence-electron chi connectivity index (χ3n) is 1.30. The van der Waals surface area contributed by atoms with Crippen molar-refractivity contribution in [2.24, 2.45) is 0 Å². The Bertz CT molecular complexity index is 62.1. The van der Waals surface area contributed by atoms with Gasteiger partial charge in [-0.1, -0.05) is 6.92 Å². The summed E-state index contributed by atoms with van der Waals surface area (Å²) in [6.45, 7) is 3.66. The quantitative estimate of drug-likeness (QED) is 0.490. The van der Waals surface area contributed by atoms with Gasteiger partial charge in [0.25, 0.3) is 0 Å². The smallest absolute Gasteiger partial charge is 0.0527 e. The molecule has 0 aliphatic carbocycles. The Morgan fingerprint density at radius 2 is 2.11 bits per heavy atom. The van der Waals surface area contributed by atoms with Crippen LogP contribution < -0.4 is 5.48 Å². The van der Waals surface area contributed by atoms with Crippen LogP contribution in [-0.2, 0) is 0 Å². The normalized spacial score (nSPS) is 17.3. The van der Waals surface area contributed by atoms with Crippen molar-refractivity contribution in [1.82, 2.24) is 5.48 Å². The van der Waals surface area contributed by atoms with Gasteiger partial charge in [-0.25, -0.2) is 5.48 Å². The lowest BCUT2D eigenvalue weighted by molar-refractivity contribution is 0.0860. The number of rotatable bonds is 4. The van der Waals surface area contributed by atoms with Gasteiger partial charge in [-0.3, -0.25) is 0 Å². The fraction of sp³-hybridized carbons (Fsp3) is 1.00. The second-order valence-corrected chi connectivity index (χ2v) is 2.32. The van der Waals surface area contributed by atoms with Gasteiger partial charge < -0.3 is 10.3 Å². The van der Waals surface area contributed by atoms with Gasteiger partial charge in [0.15, 0.2) is 0 Å². The SMILES string of the molecule is CCC(CC(C)O)NO. The summed E-state index contributed by atoms with van der Waals surface area (Å²) in [6, 6.07) is 0.0324. The zero-order valence-electron chi connectivity index (χ0n) is 5.96. The summed E-state index contributed by atoms with van der Waals surface area (Å²) in [4.78, 5) is 0. The molecule has 0 aromatic carbocycles. The fourth-order valence-corrected chi connectivity index (χ4v) is 0.722. The molecule has 0 amide bonds. The molecule has 0 saturated heterocycles. The van der Waals surface area contributed by atoms with E-state index in [1.54, 1.807) is 6.92 Å². The number of aliphatic hydroxyl groups excluding tert-OH is 1. The van der Waals surface area contributed by atoms with Crippen LogP contribution in [0.2, 0.25) is 0 Å². The molecular weight excluding hydrogens is 118 g/mol. The summed E-state index contributed by atoms with van der Waals surface area (Å²) < 4.78 is 0. The molecule has 0 aromatic rings. The van der Waals surface area contributed by atoms with E-state index >= 15 is 0 Å². The average molecular weight is 133 g/mol. The van der Waals surface area contributed by atoms with Crippen LogP contribution in [0.4, 0.5) is 0 Å². The van der Waals surface area contributed by atoms with Crippen LogP contribution in [0.15, 0.2) is 0 Å². The molecular formula is C6H15NO2. The standard InChI is InChI=1S/C6H15NO2/c1-3-6(7-9)4-5(2)8/h5-9H,3-4H2,1-2H3. The average Bonchev–Trinajstić information content (AvgIpc) is 1.82. The molecule has 0 aliphatic heterocycles. The van der Waals surface area contributed by atoms with Crippen molar-refractivity contribution in [3.63, 3.8) is 0 Å². The summed E-state index contributed by atoms with van der Waals surface area (Å²) in [5.41, 5.74) is 2.12. The first-order chi connectivity index (χ1) is 4.20. The number of hydrogen-bond donors (Lipinski definition) is 3. The third-order valence-corrected chi connectivity index (χ3v) is 1.30. The van der Waals surface area contributed by atoms with E-state index < -0.39 is 0 Å². The van der Waals surface area contributed by atoms with E-state index in [1.807, 2.05) is 6.92 Å². The Morgan fingerprint density at radius 1 is 1.56 bits per heavy atom. The van der Waals surface area contributed by atoms with Crippen LogP contribution in [0.25, 0.3) is 0 Å². The molecule has 3 heteroatoms. The topological polar surface area (TPSA) is 52.5 Å². The summed E-state index contributed by atoms with van der Waals surface area (Å²) in [5.74, 6) is 0. The maximum atomic E-state index is 8.83. The minimum atomic E-state index is -0.338. The first-order valence-electron chi connectivity index (χ1n) is 3.28. The lowest BCUT2D eigenvalue weighted by Crippen LogP contribution is -2.28. The Hall–Kier alpha value is -0.120. The number of hydroxylamine groups is 1. The van der Waals surface area contributed by atoms with Crippen LogP contribution in [0.1, 0.15) is 26.7 Å². The first kappa shape index (κ1) is 8.88. The van der Waals surface area contributed by atoms with E-state index in [9.17, 15) is 0 Å². The minimum absolute atomic E-state index is 0.0324. The molecule has 3 nitrogen and oxygen atoms in total. The van der Waals surface area contributed by atoms with E-state index in [0.717, 1.165) is 6.42 Å². The molecule has 3 N–H and O–H groups in total.